The first kappa shape index (κ1) is 21.0. The number of nitrogens with one attached hydrogen (secondary N) is 3. The van der Waals surface area contributed by atoms with E-state index in [1.165, 1.54) is 0 Å². The molecule has 162 valence electrons. The van der Waals surface area contributed by atoms with E-state index in [1.807, 2.05) is 37.3 Å². The molecule has 4 N–H and O–H groups in total. The largest absolute Gasteiger partial charge is 0.394 e. The van der Waals surface area contributed by atoms with Gasteiger partial charge in [0.05, 0.1) is 24.4 Å². The van der Waals surface area contributed by atoms with Crippen LogP contribution in [0.2, 0.25) is 0 Å². The van der Waals surface area contributed by atoms with Gasteiger partial charge in [-0.1, -0.05) is 30.3 Å². The quantitative estimate of drug-likeness (QED) is 0.445. The number of carbonyl (C=O) groups is 1. The lowest BCUT2D eigenvalue weighted by atomic mass is 10.1. The lowest BCUT2D eigenvalue weighted by Crippen LogP contribution is -2.30. The van der Waals surface area contributed by atoms with E-state index in [9.17, 15) is 9.90 Å². The van der Waals surface area contributed by atoms with E-state index >= 15 is 0 Å². The highest BCUT2D eigenvalue weighted by molar-refractivity contribution is 5.94. The van der Waals surface area contributed by atoms with Crippen LogP contribution in [0, 0.1) is 6.92 Å². The molecule has 1 aliphatic heterocycles. The molecule has 0 radical (unpaired) electrons. The van der Waals surface area contributed by atoms with Gasteiger partial charge in [-0.15, -0.1) is 0 Å². The number of H-pyrrole nitrogens is 1. The molecule has 1 amide bonds. The molecule has 1 aliphatic rings. The van der Waals surface area contributed by atoms with Gasteiger partial charge < -0.3 is 25.5 Å². The molecule has 1 fully saturated rings. The standard InChI is InChI=1S/C23H27N5O3/c1-15-11-25-23(26-13-18-8-5-9-31-18)28-21(15)17-10-19(24-12-17)22(30)27-20(14-29)16-6-3-2-4-7-16/h2-4,6-7,10-12,18,20,24,29H,5,8-9,13-14H2,1H3,(H,27,30)(H,25,26,28)/t18-,20-/m1/s1. The van der Waals surface area contributed by atoms with Crippen molar-refractivity contribution in [3.05, 3.63) is 65.6 Å². The third-order valence-corrected chi connectivity index (χ3v) is 5.37. The first-order valence-electron chi connectivity index (χ1n) is 10.5. The van der Waals surface area contributed by atoms with E-state index in [-0.39, 0.29) is 18.6 Å². The van der Waals surface area contributed by atoms with Crippen molar-refractivity contribution in [1.82, 2.24) is 20.3 Å². The number of aliphatic hydroxyl groups is 1. The average Bonchev–Trinajstić information content (AvgIpc) is 3.50. The van der Waals surface area contributed by atoms with Crippen molar-refractivity contribution in [2.75, 3.05) is 25.1 Å². The molecular weight excluding hydrogens is 394 g/mol. The highest BCUT2D eigenvalue weighted by atomic mass is 16.5. The predicted octanol–water partition coefficient (Wildman–Crippen LogP) is 2.83. The second-order valence-corrected chi connectivity index (χ2v) is 7.66. The monoisotopic (exact) mass is 421 g/mol. The van der Waals surface area contributed by atoms with E-state index in [0.717, 1.165) is 41.8 Å². The van der Waals surface area contributed by atoms with Gasteiger partial charge in [0.1, 0.15) is 5.69 Å². The van der Waals surface area contributed by atoms with Crippen molar-refractivity contribution in [1.29, 1.82) is 0 Å². The van der Waals surface area contributed by atoms with Crippen LogP contribution in [-0.4, -0.2) is 51.8 Å². The number of benzene rings is 1. The Morgan fingerprint density at radius 3 is 2.94 bits per heavy atom. The summed E-state index contributed by atoms with van der Waals surface area (Å²) in [6.45, 7) is 3.23. The van der Waals surface area contributed by atoms with Crippen LogP contribution in [0.15, 0.2) is 48.8 Å². The fourth-order valence-electron chi connectivity index (χ4n) is 3.65. The van der Waals surface area contributed by atoms with Gasteiger partial charge in [0, 0.05) is 31.1 Å². The average molecular weight is 422 g/mol. The van der Waals surface area contributed by atoms with Crippen molar-refractivity contribution in [3.63, 3.8) is 0 Å². The van der Waals surface area contributed by atoms with Crippen molar-refractivity contribution in [2.45, 2.75) is 31.9 Å². The second-order valence-electron chi connectivity index (χ2n) is 7.66. The zero-order valence-corrected chi connectivity index (χ0v) is 17.5. The molecule has 0 saturated carbocycles. The molecule has 2 atom stereocenters. The smallest absolute Gasteiger partial charge is 0.268 e. The van der Waals surface area contributed by atoms with Crippen LogP contribution in [0.1, 0.15) is 40.5 Å². The van der Waals surface area contributed by atoms with E-state index in [4.69, 9.17) is 4.74 Å². The molecule has 8 heteroatoms. The minimum Gasteiger partial charge on any atom is -0.394 e. The van der Waals surface area contributed by atoms with Crippen LogP contribution in [0.4, 0.5) is 5.95 Å². The van der Waals surface area contributed by atoms with Gasteiger partial charge in [-0.2, -0.15) is 0 Å². The Morgan fingerprint density at radius 1 is 1.35 bits per heavy atom. The second kappa shape index (κ2) is 9.72. The molecular formula is C23H27N5O3. The molecule has 0 aliphatic carbocycles. The summed E-state index contributed by atoms with van der Waals surface area (Å²) in [5.74, 6) is 0.241. The molecule has 2 aromatic heterocycles. The van der Waals surface area contributed by atoms with Crippen LogP contribution >= 0.6 is 0 Å². The Labute approximate surface area is 181 Å². The van der Waals surface area contributed by atoms with Crippen molar-refractivity contribution >= 4 is 11.9 Å². The van der Waals surface area contributed by atoms with Crippen LogP contribution < -0.4 is 10.6 Å². The molecule has 1 aromatic carbocycles. The molecule has 3 heterocycles. The summed E-state index contributed by atoms with van der Waals surface area (Å²) in [6.07, 6.45) is 5.84. The third kappa shape index (κ3) is 5.10. The van der Waals surface area contributed by atoms with Gasteiger partial charge in [0.2, 0.25) is 5.95 Å². The fourth-order valence-corrected chi connectivity index (χ4v) is 3.65. The Hall–Kier alpha value is -3.23. The number of carbonyl (C=O) groups excluding carboxylic acids is 1. The summed E-state index contributed by atoms with van der Waals surface area (Å²) >= 11 is 0. The van der Waals surface area contributed by atoms with Gasteiger partial charge in [0.15, 0.2) is 0 Å². The van der Waals surface area contributed by atoms with Crippen LogP contribution in [0.25, 0.3) is 11.3 Å². The number of anilines is 1. The minimum atomic E-state index is -0.477. The number of hydrogen-bond acceptors (Lipinski definition) is 6. The molecule has 4 rings (SSSR count). The Balaban J connectivity index is 1.46. The summed E-state index contributed by atoms with van der Waals surface area (Å²) < 4.78 is 5.63. The number of ether oxygens (including phenoxy) is 1. The number of rotatable bonds is 8. The highest BCUT2D eigenvalue weighted by Crippen LogP contribution is 2.23. The first-order valence-corrected chi connectivity index (χ1v) is 10.5. The Kier molecular flexibility index (Phi) is 6.59. The SMILES string of the molecule is Cc1cnc(NC[C@H]2CCCO2)nc1-c1c[nH]c(C(=O)N[C@H](CO)c2ccccc2)c1. The summed E-state index contributed by atoms with van der Waals surface area (Å²) in [5, 5.41) is 15.8. The zero-order valence-electron chi connectivity index (χ0n) is 17.5. The predicted molar refractivity (Wildman–Crippen MR) is 118 cm³/mol. The molecule has 31 heavy (non-hydrogen) atoms. The van der Waals surface area contributed by atoms with Crippen molar-refractivity contribution in [3.8, 4) is 11.3 Å². The number of aromatic amines is 1. The summed E-state index contributed by atoms with van der Waals surface area (Å²) in [7, 11) is 0. The van der Waals surface area contributed by atoms with Crippen molar-refractivity contribution in [2.24, 2.45) is 0 Å². The number of nitrogens with zero attached hydrogens (tertiary/aromatic N) is 2. The van der Waals surface area contributed by atoms with Gasteiger partial charge >= 0.3 is 0 Å². The van der Waals surface area contributed by atoms with Gasteiger partial charge in [-0.05, 0) is 37.0 Å². The highest BCUT2D eigenvalue weighted by Gasteiger charge is 2.18. The van der Waals surface area contributed by atoms with Crippen LogP contribution in [-0.2, 0) is 4.74 Å². The number of aromatic nitrogens is 3. The molecule has 0 bridgehead atoms. The van der Waals surface area contributed by atoms with E-state index < -0.39 is 6.04 Å². The maximum atomic E-state index is 12.7. The Morgan fingerprint density at radius 2 is 2.19 bits per heavy atom. The zero-order chi connectivity index (χ0) is 21.6. The van der Waals surface area contributed by atoms with Gasteiger partial charge in [0.25, 0.3) is 5.91 Å². The topological polar surface area (TPSA) is 112 Å². The normalized spacial score (nSPS) is 16.8. The number of aryl methyl sites for hydroxylation is 1. The van der Waals surface area contributed by atoms with E-state index in [1.54, 1.807) is 18.5 Å². The maximum absolute atomic E-state index is 12.7. The molecule has 0 spiro atoms. The molecule has 1 saturated heterocycles. The van der Waals surface area contributed by atoms with Crippen LogP contribution in [0.3, 0.4) is 0 Å². The lowest BCUT2D eigenvalue weighted by molar-refractivity contribution is 0.0911. The summed E-state index contributed by atoms with van der Waals surface area (Å²) in [4.78, 5) is 24.7. The van der Waals surface area contributed by atoms with E-state index in [0.29, 0.717) is 18.2 Å². The summed E-state index contributed by atoms with van der Waals surface area (Å²) in [5.41, 5.74) is 3.70. The molecule has 0 unspecified atom stereocenters. The Bertz CT molecular complexity index is 1020. The third-order valence-electron chi connectivity index (χ3n) is 5.37. The van der Waals surface area contributed by atoms with Crippen LogP contribution in [0.5, 0.6) is 0 Å². The first-order chi connectivity index (χ1) is 15.1. The summed E-state index contributed by atoms with van der Waals surface area (Å²) in [6, 6.07) is 10.7. The fraction of sp³-hybridized carbons (Fsp3) is 0.348. The van der Waals surface area contributed by atoms with E-state index in [2.05, 4.69) is 25.6 Å². The maximum Gasteiger partial charge on any atom is 0.268 e. The van der Waals surface area contributed by atoms with Gasteiger partial charge in [-0.3, -0.25) is 4.79 Å². The number of aliphatic hydroxyl groups excluding tert-OH is 1. The molecule has 8 nitrogen and oxygen atoms in total. The van der Waals surface area contributed by atoms with Gasteiger partial charge in [-0.25, -0.2) is 9.97 Å². The molecule has 3 aromatic rings. The van der Waals surface area contributed by atoms with Crippen molar-refractivity contribution < 1.29 is 14.6 Å². The number of amides is 1. The minimum absolute atomic E-state index is 0.186. The number of hydrogen-bond donors (Lipinski definition) is 4. The lowest BCUT2D eigenvalue weighted by Gasteiger charge is -2.16.